The van der Waals surface area contributed by atoms with E-state index in [2.05, 4.69) is 15.2 Å². The Balaban J connectivity index is 1.94. The molecule has 2 rings (SSSR count). The first kappa shape index (κ1) is 10.1. The van der Waals surface area contributed by atoms with Gasteiger partial charge in [-0.1, -0.05) is 12.8 Å². The van der Waals surface area contributed by atoms with Crippen LogP contribution >= 0.6 is 0 Å². The van der Waals surface area contributed by atoms with Gasteiger partial charge in [-0.25, -0.2) is 4.98 Å². The molecule has 0 radical (unpaired) electrons. The SMILES string of the molecule is O=C(O)CCc1nc(C2CCCC2)n[nH]1. The molecule has 0 aromatic carbocycles. The normalized spacial score (nSPS) is 17.1. The monoisotopic (exact) mass is 209 g/mol. The number of hydrogen-bond acceptors (Lipinski definition) is 3. The summed E-state index contributed by atoms with van der Waals surface area (Å²) >= 11 is 0. The van der Waals surface area contributed by atoms with Gasteiger partial charge in [0.05, 0.1) is 6.42 Å². The number of H-pyrrole nitrogens is 1. The van der Waals surface area contributed by atoms with Crippen molar-refractivity contribution < 1.29 is 9.90 Å². The molecule has 1 fully saturated rings. The molecule has 0 aliphatic heterocycles. The van der Waals surface area contributed by atoms with E-state index in [1.54, 1.807) is 0 Å². The van der Waals surface area contributed by atoms with Crippen molar-refractivity contribution in [2.75, 3.05) is 0 Å². The first-order valence-electron chi connectivity index (χ1n) is 5.38. The van der Waals surface area contributed by atoms with Gasteiger partial charge in [0, 0.05) is 12.3 Å². The first-order valence-corrected chi connectivity index (χ1v) is 5.38. The number of carbonyl (C=O) groups is 1. The standard InChI is InChI=1S/C10H15N3O2/c14-9(15)6-5-8-11-10(13-12-8)7-3-1-2-4-7/h7H,1-6H2,(H,14,15)(H,11,12,13). The Kier molecular flexibility index (Phi) is 2.99. The summed E-state index contributed by atoms with van der Waals surface area (Å²) in [4.78, 5) is 14.7. The molecular weight excluding hydrogens is 194 g/mol. The van der Waals surface area contributed by atoms with Crippen LogP contribution in [0, 0.1) is 0 Å². The molecule has 0 amide bonds. The van der Waals surface area contributed by atoms with Crippen LogP contribution in [0.4, 0.5) is 0 Å². The van der Waals surface area contributed by atoms with Crippen LogP contribution in [-0.2, 0) is 11.2 Å². The number of aromatic nitrogens is 3. The molecule has 82 valence electrons. The quantitative estimate of drug-likeness (QED) is 0.787. The molecule has 1 aromatic heterocycles. The molecule has 1 aliphatic carbocycles. The largest absolute Gasteiger partial charge is 0.481 e. The fraction of sp³-hybridized carbons (Fsp3) is 0.700. The lowest BCUT2D eigenvalue weighted by atomic mass is 10.1. The summed E-state index contributed by atoms with van der Waals surface area (Å²) in [7, 11) is 0. The summed E-state index contributed by atoms with van der Waals surface area (Å²) < 4.78 is 0. The second kappa shape index (κ2) is 4.42. The minimum Gasteiger partial charge on any atom is -0.481 e. The molecular formula is C10H15N3O2. The number of hydrogen-bond donors (Lipinski definition) is 2. The second-order valence-corrected chi connectivity index (χ2v) is 4.02. The molecule has 1 aromatic rings. The maximum absolute atomic E-state index is 10.4. The van der Waals surface area contributed by atoms with E-state index < -0.39 is 5.97 Å². The van der Waals surface area contributed by atoms with Gasteiger partial charge in [0.15, 0.2) is 5.82 Å². The van der Waals surface area contributed by atoms with Crippen LogP contribution in [0.15, 0.2) is 0 Å². The number of carboxylic acid groups (broad SMARTS) is 1. The molecule has 0 spiro atoms. The first-order chi connectivity index (χ1) is 7.25. The zero-order valence-corrected chi connectivity index (χ0v) is 8.57. The summed E-state index contributed by atoms with van der Waals surface area (Å²) in [5, 5.41) is 15.5. The van der Waals surface area contributed by atoms with Crippen molar-refractivity contribution in [2.24, 2.45) is 0 Å². The molecule has 15 heavy (non-hydrogen) atoms. The molecule has 2 N–H and O–H groups in total. The van der Waals surface area contributed by atoms with Gasteiger partial charge >= 0.3 is 5.97 Å². The van der Waals surface area contributed by atoms with Crippen LogP contribution in [0.3, 0.4) is 0 Å². The van der Waals surface area contributed by atoms with Crippen LogP contribution in [-0.4, -0.2) is 26.3 Å². The third-order valence-electron chi connectivity index (χ3n) is 2.85. The van der Waals surface area contributed by atoms with E-state index in [0.29, 0.717) is 18.2 Å². The van der Waals surface area contributed by atoms with Crippen molar-refractivity contribution in [3.63, 3.8) is 0 Å². The van der Waals surface area contributed by atoms with Gasteiger partial charge in [-0.15, -0.1) is 0 Å². The van der Waals surface area contributed by atoms with E-state index >= 15 is 0 Å². The summed E-state index contributed by atoms with van der Waals surface area (Å²) in [6, 6.07) is 0. The zero-order chi connectivity index (χ0) is 10.7. The zero-order valence-electron chi connectivity index (χ0n) is 8.57. The molecule has 1 saturated carbocycles. The highest BCUT2D eigenvalue weighted by molar-refractivity contribution is 5.66. The minimum atomic E-state index is -0.797. The fourth-order valence-corrected chi connectivity index (χ4v) is 2.01. The molecule has 5 nitrogen and oxygen atoms in total. The van der Waals surface area contributed by atoms with Crippen LogP contribution < -0.4 is 0 Å². The van der Waals surface area contributed by atoms with Crippen molar-refractivity contribution in [2.45, 2.75) is 44.4 Å². The lowest BCUT2D eigenvalue weighted by Crippen LogP contribution is -1.99. The predicted octanol–water partition coefficient (Wildman–Crippen LogP) is 1.48. The Labute approximate surface area is 87.9 Å². The fourth-order valence-electron chi connectivity index (χ4n) is 2.01. The Morgan fingerprint density at radius 2 is 2.20 bits per heavy atom. The third kappa shape index (κ3) is 2.55. The lowest BCUT2D eigenvalue weighted by molar-refractivity contribution is -0.137. The Hall–Kier alpha value is -1.39. The van der Waals surface area contributed by atoms with Crippen LogP contribution in [0.25, 0.3) is 0 Å². The molecule has 0 atom stereocenters. The van der Waals surface area contributed by atoms with Crippen LogP contribution in [0.2, 0.25) is 0 Å². The lowest BCUT2D eigenvalue weighted by Gasteiger charge is -2.00. The second-order valence-electron chi connectivity index (χ2n) is 4.02. The number of nitrogens with one attached hydrogen (secondary N) is 1. The van der Waals surface area contributed by atoms with E-state index in [4.69, 9.17) is 5.11 Å². The van der Waals surface area contributed by atoms with Crippen molar-refractivity contribution >= 4 is 5.97 Å². The Bertz CT molecular complexity index is 342. The average molecular weight is 209 g/mol. The van der Waals surface area contributed by atoms with Crippen molar-refractivity contribution in [1.29, 1.82) is 0 Å². The van der Waals surface area contributed by atoms with Gasteiger partial charge < -0.3 is 5.11 Å². The molecule has 0 saturated heterocycles. The van der Waals surface area contributed by atoms with Crippen molar-refractivity contribution in [1.82, 2.24) is 15.2 Å². The highest BCUT2D eigenvalue weighted by Gasteiger charge is 2.21. The van der Waals surface area contributed by atoms with Gasteiger partial charge in [0.1, 0.15) is 5.82 Å². The summed E-state index contributed by atoms with van der Waals surface area (Å²) in [6.07, 6.45) is 5.38. The van der Waals surface area contributed by atoms with E-state index in [1.807, 2.05) is 0 Å². The average Bonchev–Trinajstić information content (AvgIpc) is 2.85. The topological polar surface area (TPSA) is 78.9 Å². The van der Waals surface area contributed by atoms with E-state index in [-0.39, 0.29) is 6.42 Å². The van der Waals surface area contributed by atoms with Crippen LogP contribution in [0.5, 0.6) is 0 Å². The Morgan fingerprint density at radius 1 is 1.47 bits per heavy atom. The maximum Gasteiger partial charge on any atom is 0.303 e. The van der Waals surface area contributed by atoms with E-state index in [0.717, 1.165) is 18.7 Å². The smallest absolute Gasteiger partial charge is 0.303 e. The van der Waals surface area contributed by atoms with Crippen LogP contribution in [0.1, 0.15) is 49.7 Å². The molecule has 0 unspecified atom stereocenters. The van der Waals surface area contributed by atoms with Crippen molar-refractivity contribution in [3.8, 4) is 0 Å². The number of rotatable bonds is 4. The highest BCUT2D eigenvalue weighted by atomic mass is 16.4. The van der Waals surface area contributed by atoms with Gasteiger partial charge in [-0.3, -0.25) is 9.89 Å². The molecule has 1 aliphatic rings. The highest BCUT2D eigenvalue weighted by Crippen LogP contribution is 2.31. The Morgan fingerprint density at radius 3 is 2.87 bits per heavy atom. The summed E-state index contributed by atoms with van der Waals surface area (Å²) in [6.45, 7) is 0. The van der Waals surface area contributed by atoms with Crippen molar-refractivity contribution in [3.05, 3.63) is 11.6 Å². The van der Waals surface area contributed by atoms with E-state index in [9.17, 15) is 4.79 Å². The number of carboxylic acids is 1. The molecule has 5 heteroatoms. The number of aromatic amines is 1. The predicted molar refractivity (Wildman–Crippen MR) is 53.5 cm³/mol. The van der Waals surface area contributed by atoms with Gasteiger partial charge in [-0.05, 0) is 12.8 Å². The number of nitrogens with zero attached hydrogens (tertiary/aromatic N) is 2. The molecule has 0 bridgehead atoms. The van der Waals surface area contributed by atoms with E-state index in [1.165, 1.54) is 12.8 Å². The van der Waals surface area contributed by atoms with Gasteiger partial charge in [-0.2, -0.15) is 5.10 Å². The maximum atomic E-state index is 10.4. The van der Waals surface area contributed by atoms with Gasteiger partial charge in [0.2, 0.25) is 0 Å². The molecule has 1 heterocycles. The number of aliphatic carboxylic acids is 1. The van der Waals surface area contributed by atoms with Gasteiger partial charge in [0.25, 0.3) is 0 Å². The summed E-state index contributed by atoms with van der Waals surface area (Å²) in [5.74, 6) is 1.25. The third-order valence-corrected chi connectivity index (χ3v) is 2.85. The number of aryl methyl sites for hydroxylation is 1. The minimum absolute atomic E-state index is 0.110. The summed E-state index contributed by atoms with van der Waals surface area (Å²) in [5.41, 5.74) is 0.